The lowest BCUT2D eigenvalue weighted by molar-refractivity contribution is 0.415. The van der Waals surface area contributed by atoms with Gasteiger partial charge in [0.1, 0.15) is 17.8 Å². The zero-order valence-corrected chi connectivity index (χ0v) is 18.1. The summed E-state index contributed by atoms with van der Waals surface area (Å²) >= 11 is 0. The summed E-state index contributed by atoms with van der Waals surface area (Å²) in [6, 6.07) is 24.9. The number of fused-ring (bicyclic) bond motifs is 1. The second-order valence-corrected chi connectivity index (χ2v) is 7.59. The van der Waals surface area contributed by atoms with Crippen molar-refractivity contribution in [3.63, 3.8) is 0 Å². The average molecular weight is 438 g/mol. The van der Waals surface area contributed by atoms with Gasteiger partial charge >= 0.3 is 0 Å². The van der Waals surface area contributed by atoms with Gasteiger partial charge < -0.3 is 15.2 Å². The van der Waals surface area contributed by atoms with E-state index < -0.39 is 0 Å². The number of imidazole rings is 1. The van der Waals surface area contributed by atoms with Crippen LogP contribution >= 0.6 is 0 Å². The normalized spacial score (nSPS) is 10.9. The summed E-state index contributed by atoms with van der Waals surface area (Å²) in [4.78, 5) is 14.3. The third kappa shape index (κ3) is 4.34. The Morgan fingerprint density at radius 2 is 1.67 bits per heavy atom. The molecule has 0 bridgehead atoms. The fourth-order valence-corrected chi connectivity index (χ4v) is 3.66. The van der Waals surface area contributed by atoms with Crippen LogP contribution in [0.1, 0.15) is 5.56 Å². The second kappa shape index (κ2) is 9.00. The Balaban J connectivity index is 1.52. The second-order valence-electron chi connectivity index (χ2n) is 7.59. The highest BCUT2D eigenvalue weighted by Gasteiger charge is 2.15. The lowest BCUT2D eigenvalue weighted by Crippen LogP contribution is -2.08. The molecule has 7 heteroatoms. The Morgan fingerprint density at radius 1 is 0.909 bits per heavy atom. The van der Waals surface area contributed by atoms with Crippen LogP contribution in [-0.2, 0) is 6.42 Å². The number of nitrogens with one attached hydrogen (secondary N) is 1. The first-order chi connectivity index (χ1) is 16.2. The maximum atomic E-state index is 9.50. The molecule has 2 heterocycles. The molecule has 0 amide bonds. The molecule has 5 aromatic rings. The van der Waals surface area contributed by atoms with Crippen LogP contribution in [-0.4, -0.2) is 38.3 Å². The molecule has 33 heavy (non-hydrogen) atoms. The molecule has 0 saturated heterocycles. The first kappa shape index (κ1) is 20.5. The number of hydrogen-bond acceptors (Lipinski definition) is 6. The van der Waals surface area contributed by atoms with E-state index in [-0.39, 0.29) is 5.75 Å². The van der Waals surface area contributed by atoms with Crippen molar-refractivity contribution in [3.8, 4) is 28.6 Å². The summed E-state index contributed by atoms with van der Waals surface area (Å²) in [6.07, 6.45) is 2.56. The van der Waals surface area contributed by atoms with Crippen molar-refractivity contribution in [3.05, 3.63) is 90.8 Å². The Labute approximate surface area is 191 Å². The van der Waals surface area contributed by atoms with Crippen LogP contribution in [0.2, 0.25) is 0 Å². The Hall–Kier alpha value is -4.39. The SMILES string of the molecule is COc1ccc(-c2nc(NCCc3ccc(O)cc3)c3ncn(-c4ccccc4)c3n2)cc1. The first-order valence-corrected chi connectivity index (χ1v) is 10.7. The molecule has 0 fully saturated rings. The minimum atomic E-state index is 0.264. The predicted molar refractivity (Wildman–Crippen MR) is 129 cm³/mol. The van der Waals surface area contributed by atoms with Crippen LogP contribution in [0.3, 0.4) is 0 Å². The maximum Gasteiger partial charge on any atom is 0.170 e. The summed E-state index contributed by atoms with van der Waals surface area (Å²) in [6.45, 7) is 0.664. The van der Waals surface area contributed by atoms with Crippen molar-refractivity contribution in [1.29, 1.82) is 0 Å². The summed E-state index contributed by atoms with van der Waals surface area (Å²) in [5, 5.41) is 12.9. The third-order valence-electron chi connectivity index (χ3n) is 5.42. The molecule has 0 aliphatic heterocycles. The maximum absolute atomic E-state index is 9.50. The molecule has 0 radical (unpaired) electrons. The van der Waals surface area contributed by atoms with Gasteiger partial charge in [-0.25, -0.2) is 15.0 Å². The highest BCUT2D eigenvalue weighted by Crippen LogP contribution is 2.27. The van der Waals surface area contributed by atoms with Gasteiger partial charge in [-0.15, -0.1) is 0 Å². The lowest BCUT2D eigenvalue weighted by atomic mass is 10.1. The van der Waals surface area contributed by atoms with Crippen LogP contribution in [0, 0.1) is 0 Å². The van der Waals surface area contributed by atoms with Crippen molar-refractivity contribution in [1.82, 2.24) is 19.5 Å². The quantitative estimate of drug-likeness (QED) is 0.379. The van der Waals surface area contributed by atoms with E-state index in [2.05, 4.69) is 10.3 Å². The number of hydrogen-bond donors (Lipinski definition) is 2. The zero-order chi connectivity index (χ0) is 22.6. The van der Waals surface area contributed by atoms with E-state index in [9.17, 15) is 5.11 Å². The van der Waals surface area contributed by atoms with E-state index in [1.54, 1.807) is 25.6 Å². The summed E-state index contributed by atoms with van der Waals surface area (Å²) in [5.74, 6) is 2.33. The molecule has 0 atom stereocenters. The number of phenolic OH excluding ortho intramolecular Hbond substituents is 1. The van der Waals surface area contributed by atoms with Gasteiger partial charge in [-0.3, -0.25) is 4.57 Å². The molecule has 2 aromatic heterocycles. The molecule has 7 nitrogen and oxygen atoms in total. The number of anilines is 1. The molecule has 0 spiro atoms. The molecule has 0 unspecified atom stereocenters. The number of aromatic nitrogens is 4. The number of aromatic hydroxyl groups is 1. The summed E-state index contributed by atoms with van der Waals surface area (Å²) < 4.78 is 7.25. The monoisotopic (exact) mass is 437 g/mol. The van der Waals surface area contributed by atoms with E-state index in [1.807, 2.05) is 71.3 Å². The molecule has 5 rings (SSSR count). The van der Waals surface area contributed by atoms with E-state index in [4.69, 9.17) is 14.7 Å². The van der Waals surface area contributed by atoms with E-state index >= 15 is 0 Å². The smallest absolute Gasteiger partial charge is 0.170 e. The average Bonchev–Trinajstić information content (AvgIpc) is 3.30. The van der Waals surface area contributed by atoms with Crippen molar-refractivity contribution in [2.75, 3.05) is 19.0 Å². The Morgan fingerprint density at radius 3 is 2.39 bits per heavy atom. The fourth-order valence-electron chi connectivity index (χ4n) is 3.66. The van der Waals surface area contributed by atoms with Crippen LogP contribution in [0.5, 0.6) is 11.5 Å². The molecule has 2 N–H and O–H groups in total. The van der Waals surface area contributed by atoms with Gasteiger partial charge in [0.25, 0.3) is 0 Å². The molecule has 0 aliphatic rings. The molecule has 164 valence electrons. The molecule has 0 aliphatic carbocycles. The Kier molecular flexibility index (Phi) is 5.59. The van der Waals surface area contributed by atoms with Crippen LogP contribution in [0.4, 0.5) is 5.82 Å². The Bertz CT molecular complexity index is 1360. The highest BCUT2D eigenvalue weighted by molar-refractivity contribution is 5.86. The van der Waals surface area contributed by atoms with Crippen LogP contribution in [0.25, 0.3) is 28.2 Å². The minimum absolute atomic E-state index is 0.264. The predicted octanol–water partition coefficient (Wildman–Crippen LogP) is 4.85. The summed E-state index contributed by atoms with van der Waals surface area (Å²) in [7, 11) is 1.64. The highest BCUT2D eigenvalue weighted by atomic mass is 16.5. The van der Waals surface area contributed by atoms with Crippen molar-refractivity contribution in [2.45, 2.75) is 6.42 Å². The molecule has 3 aromatic carbocycles. The van der Waals surface area contributed by atoms with E-state index in [0.717, 1.165) is 34.6 Å². The number of nitrogens with zero attached hydrogens (tertiary/aromatic N) is 4. The number of para-hydroxylation sites is 1. The summed E-state index contributed by atoms with van der Waals surface area (Å²) in [5.41, 5.74) is 4.43. The number of methoxy groups -OCH3 is 1. The number of benzene rings is 3. The van der Waals surface area contributed by atoms with Crippen molar-refractivity contribution < 1.29 is 9.84 Å². The van der Waals surface area contributed by atoms with E-state index in [0.29, 0.717) is 23.7 Å². The fraction of sp³-hybridized carbons (Fsp3) is 0.115. The van der Waals surface area contributed by atoms with Crippen LogP contribution in [0.15, 0.2) is 85.2 Å². The number of ether oxygens (including phenoxy) is 1. The van der Waals surface area contributed by atoms with Gasteiger partial charge in [0.05, 0.1) is 7.11 Å². The van der Waals surface area contributed by atoms with Crippen molar-refractivity contribution in [2.24, 2.45) is 0 Å². The van der Waals surface area contributed by atoms with Gasteiger partial charge in [0.2, 0.25) is 0 Å². The van der Waals surface area contributed by atoms with Gasteiger partial charge in [-0.1, -0.05) is 30.3 Å². The van der Waals surface area contributed by atoms with Gasteiger partial charge in [-0.2, -0.15) is 0 Å². The number of phenols is 1. The van der Waals surface area contributed by atoms with Crippen LogP contribution < -0.4 is 10.1 Å². The molecular formula is C26H23N5O2. The van der Waals surface area contributed by atoms with Crippen molar-refractivity contribution >= 4 is 17.0 Å². The number of rotatable bonds is 7. The first-order valence-electron chi connectivity index (χ1n) is 10.7. The third-order valence-corrected chi connectivity index (χ3v) is 5.42. The topological polar surface area (TPSA) is 85.1 Å². The molecule has 0 saturated carbocycles. The van der Waals surface area contributed by atoms with Gasteiger partial charge in [0, 0.05) is 17.8 Å². The van der Waals surface area contributed by atoms with E-state index in [1.165, 1.54) is 0 Å². The standard InChI is InChI=1S/C26H23N5O2/c1-33-22-13-9-19(10-14-22)24-29-25(27-16-15-18-7-11-21(32)12-8-18)23-26(30-24)31(17-28-23)20-5-3-2-4-6-20/h2-14,17,32H,15-16H2,1H3,(H,27,29,30). The lowest BCUT2D eigenvalue weighted by Gasteiger charge is -2.10. The van der Waals surface area contributed by atoms with Gasteiger partial charge in [-0.05, 0) is 60.5 Å². The zero-order valence-electron chi connectivity index (χ0n) is 18.1. The van der Waals surface area contributed by atoms with Gasteiger partial charge in [0.15, 0.2) is 22.8 Å². The minimum Gasteiger partial charge on any atom is -0.508 e. The molecular weight excluding hydrogens is 414 g/mol. The largest absolute Gasteiger partial charge is 0.508 e.